The van der Waals surface area contributed by atoms with Crippen LogP contribution in [0.5, 0.6) is 0 Å². The number of thiol groups is 1. The number of rotatable bonds is 4. The van der Waals surface area contributed by atoms with E-state index in [4.69, 9.17) is 0 Å². The molecule has 4 nitrogen and oxygen atoms in total. The number of carbonyl (C=O) groups excluding carboxylic acids is 1. The van der Waals surface area contributed by atoms with Crippen LogP contribution in [-0.4, -0.2) is 15.5 Å². The van der Waals surface area contributed by atoms with Crippen LogP contribution in [0.1, 0.15) is 24.7 Å². The Labute approximate surface area is 148 Å². The lowest BCUT2D eigenvalue weighted by Crippen LogP contribution is -2.17. The summed E-state index contributed by atoms with van der Waals surface area (Å²) >= 11 is 4.39. The Morgan fingerprint density at radius 3 is 2.33 bits per heavy atom. The number of aromatic nitrogens is 2. The van der Waals surface area contributed by atoms with Crippen LogP contribution in [0.4, 0.5) is 5.69 Å². The molecule has 0 aliphatic heterocycles. The summed E-state index contributed by atoms with van der Waals surface area (Å²) in [5.41, 5.74) is 2.60. The Morgan fingerprint density at radius 2 is 1.75 bits per heavy atom. The van der Waals surface area contributed by atoms with E-state index in [9.17, 15) is 4.79 Å². The van der Waals surface area contributed by atoms with E-state index in [0.717, 1.165) is 16.9 Å². The second kappa shape index (κ2) is 8.93. The fourth-order valence-corrected chi connectivity index (χ4v) is 2.36. The first-order chi connectivity index (χ1) is 11.7. The summed E-state index contributed by atoms with van der Waals surface area (Å²) < 4.78 is 1.90. The predicted octanol–water partition coefficient (Wildman–Crippen LogP) is 4.51. The zero-order valence-corrected chi connectivity index (χ0v) is 14.6. The molecule has 1 unspecified atom stereocenters. The largest absolute Gasteiger partial charge is 0.325 e. The first-order valence-corrected chi connectivity index (χ1v) is 8.38. The monoisotopic (exact) mass is 339 g/mol. The molecular formula is C19H21N3OS. The van der Waals surface area contributed by atoms with Gasteiger partial charge in [0.1, 0.15) is 5.25 Å². The third-order valence-electron chi connectivity index (χ3n) is 3.30. The average molecular weight is 339 g/mol. The molecule has 1 amide bonds. The van der Waals surface area contributed by atoms with Gasteiger partial charge in [0.15, 0.2) is 0 Å². The Bertz CT molecular complexity index is 740. The molecule has 5 heteroatoms. The highest BCUT2D eigenvalue weighted by Gasteiger charge is 2.15. The molecule has 24 heavy (non-hydrogen) atoms. The smallest absolute Gasteiger partial charge is 0.241 e. The summed E-state index contributed by atoms with van der Waals surface area (Å²) in [7, 11) is 0. The summed E-state index contributed by atoms with van der Waals surface area (Å²) in [5.74, 6) is -0.148. The van der Waals surface area contributed by atoms with Gasteiger partial charge in [-0.25, -0.2) is 4.98 Å². The molecule has 1 heterocycles. The number of anilines is 1. The molecule has 0 fully saturated rings. The number of benzene rings is 2. The molecule has 0 saturated heterocycles. The molecule has 1 atom stereocenters. The van der Waals surface area contributed by atoms with E-state index in [1.807, 2.05) is 79.2 Å². The van der Waals surface area contributed by atoms with Gasteiger partial charge >= 0.3 is 0 Å². The van der Waals surface area contributed by atoms with E-state index in [1.54, 1.807) is 12.5 Å². The molecule has 3 rings (SSSR count). The van der Waals surface area contributed by atoms with Gasteiger partial charge in [-0.15, -0.1) is 0 Å². The average Bonchev–Trinajstić information content (AvgIpc) is 3.19. The quantitative estimate of drug-likeness (QED) is 0.687. The standard InChI is InChI=1S/C17H15N3OS.C2H6/c21-17(16(22)13-4-2-1-3-5-13)19-14-6-8-15(9-7-14)20-11-10-18-12-20;1-2/h1-12,16,22H,(H,19,21);1-2H3. The van der Waals surface area contributed by atoms with Crippen molar-refractivity contribution in [2.75, 3.05) is 5.32 Å². The van der Waals surface area contributed by atoms with Crippen molar-refractivity contribution in [1.82, 2.24) is 9.55 Å². The Morgan fingerprint density at radius 1 is 1.08 bits per heavy atom. The predicted molar refractivity (Wildman–Crippen MR) is 102 cm³/mol. The number of hydrogen-bond donors (Lipinski definition) is 2. The van der Waals surface area contributed by atoms with Gasteiger partial charge in [0.05, 0.1) is 6.33 Å². The fraction of sp³-hybridized carbons (Fsp3) is 0.158. The van der Waals surface area contributed by atoms with E-state index in [2.05, 4.69) is 22.9 Å². The SMILES string of the molecule is CC.O=C(Nc1ccc(-n2ccnc2)cc1)C(S)c1ccccc1. The van der Waals surface area contributed by atoms with Crippen molar-refractivity contribution in [3.63, 3.8) is 0 Å². The number of imidazole rings is 1. The van der Waals surface area contributed by atoms with Crippen LogP contribution in [0.2, 0.25) is 0 Å². The van der Waals surface area contributed by atoms with Crippen molar-refractivity contribution in [3.8, 4) is 5.69 Å². The zero-order chi connectivity index (χ0) is 17.4. The first kappa shape index (κ1) is 17.8. The minimum Gasteiger partial charge on any atom is -0.325 e. The van der Waals surface area contributed by atoms with Crippen molar-refractivity contribution in [2.24, 2.45) is 0 Å². The van der Waals surface area contributed by atoms with Gasteiger partial charge in [0.25, 0.3) is 0 Å². The summed E-state index contributed by atoms with van der Waals surface area (Å²) in [6.07, 6.45) is 5.32. The normalized spacial score (nSPS) is 11.1. The van der Waals surface area contributed by atoms with E-state index >= 15 is 0 Å². The van der Waals surface area contributed by atoms with Gasteiger partial charge in [0.2, 0.25) is 5.91 Å². The highest BCUT2D eigenvalue weighted by molar-refractivity contribution is 7.81. The Balaban J connectivity index is 0.00000100. The molecular weight excluding hydrogens is 318 g/mol. The molecule has 1 N–H and O–H groups in total. The van der Waals surface area contributed by atoms with E-state index in [-0.39, 0.29) is 5.91 Å². The van der Waals surface area contributed by atoms with Crippen LogP contribution in [0, 0.1) is 0 Å². The van der Waals surface area contributed by atoms with Crippen molar-refractivity contribution < 1.29 is 4.79 Å². The summed E-state index contributed by atoms with van der Waals surface area (Å²) in [4.78, 5) is 16.2. The van der Waals surface area contributed by atoms with E-state index < -0.39 is 5.25 Å². The fourth-order valence-electron chi connectivity index (χ4n) is 2.13. The minimum atomic E-state index is -0.491. The summed E-state index contributed by atoms with van der Waals surface area (Å²) in [5, 5.41) is 2.38. The van der Waals surface area contributed by atoms with Gasteiger partial charge in [-0.1, -0.05) is 44.2 Å². The van der Waals surface area contributed by atoms with Crippen molar-refractivity contribution in [2.45, 2.75) is 19.1 Å². The maximum atomic E-state index is 12.2. The number of carbonyl (C=O) groups is 1. The van der Waals surface area contributed by atoms with Crippen LogP contribution in [0.15, 0.2) is 73.3 Å². The molecule has 0 spiro atoms. The molecule has 0 radical (unpaired) electrons. The lowest BCUT2D eigenvalue weighted by atomic mass is 10.1. The van der Waals surface area contributed by atoms with Crippen molar-refractivity contribution >= 4 is 24.2 Å². The zero-order valence-electron chi connectivity index (χ0n) is 13.8. The molecule has 0 saturated carbocycles. The Hall–Kier alpha value is -2.53. The van der Waals surface area contributed by atoms with Gasteiger partial charge in [-0.05, 0) is 29.8 Å². The number of hydrogen-bond acceptors (Lipinski definition) is 3. The molecule has 1 aromatic heterocycles. The van der Waals surface area contributed by atoms with E-state index in [1.165, 1.54) is 0 Å². The highest BCUT2D eigenvalue weighted by Crippen LogP contribution is 2.22. The Kier molecular flexibility index (Phi) is 6.63. The first-order valence-electron chi connectivity index (χ1n) is 7.86. The van der Waals surface area contributed by atoms with Crippen molar-refractivity contribution in [1.29, 1.82) is 0 Å². The number of amides is 1. The molecule has 2 aromatic carbocycles. The third kappa shape index (κ3) is 4.49. The molecule has 3 aromatic rings. The molecule has 124 valence electrons. The maximum Gasteiger partial charge on any atom is 0.241 e. The van der Waals surface area contributed by atoms with Crippen LogP contribution in [-0.2, 0) is 4.79 Å². The van der Waals surface area contributed by atoms with Gasteiger partial charge in [-0.3, -0.25) is 4.79 Å². The van der Waals surface area contributed by atoms with Crippen LogP contribution < -0.4 is 5.32 Å². The minimum absolute atomic E-state index is 0.148. The van der Waals surface area contributed by atoms with E-state index in [0.29, 0.717) is 0 Å². The van der Waals surface area contributed by atoms with Crippen LogP contribution >= 0.6 is 12.6 Å². The second-order valence-electron chi connectivity index (χ2n) is 4.82. The highest BCUT2D eigenvalue weighted by atomic mass is 32.1. The second-order valence-corrected chi connectivity index (χ2v) is 5.34. The van der Waals surface area contributed by atoms with Crippen LogP contribution in [0.3, 0.4) is 0 Å². The van der Waals surface area contributed by atoms with Gasteiger partial charge in [0, 0.05) is 23.8 Å². The lowest BCUT2D eigenvalue weighted by molar-refractivity contribution is -0.115. The topological polar surface area (TPSA) is 46.9 Å². The maximum absolute atomic E-state index is 12.2. The number of nitrogens with one attached hydrogen (secondary N) is 1. The van der Waals surface area contributed by atoms with Gasteiger partial charge < -0.3 is 9.88 Å². The summed E-state index contributed by atoms with van der Waals surface area (Å²) in [6, 6.07) is 17.0. The molecule has 0 aliphatic carbocycles. The van der Waals surface area contributed by atoms with Crippen LogP contribution in [0.25, 0.3) is 5.69 Å². The molecule has 0 bridgehead atoms. The van der Waals surface area contributed by atoms with Gasteiger partial charge in [-0.2, -0.15) is 12.6 Å². The van der Waals surface area contributed by atoms with Crippen molar-refractivity contribution in [3.05, 3.63) is 78.9 Å². The third-order valence-corrected chi connectivity index (χ3v) is 3.83. The summed E-state index contributed by atoms with van der Waals surface area (Å²) in [6.45, 7) is 4.00. The molecule has 0 aliphatic rings. The lowest BCUT2D eigenvalue weighted by Gasteiger charge is -2.12. The number of nitrogens with zero attached hydrogens (tertiary/aromatic N) is 2.